The summed E-state index contributed by atoms with van der Waals surface area (Å²) >= 11 is 0. The third-order valence-corrected chi connectivity index (χ3v) is 7.14. The summed E-state index contributed by atoms with van der Waals surface area (Å²) in [5.41, 5.74) is 3.02. The van der Waals surface area contributed by atoms with E-state index in [0.29, 0.717) is 37.2 Å². The SMILES string of the molecule is COC(=O)CCCCNC(=O)C(C1CCCCC1)n1c(-c2ccc(C(=O)OC)cc2)nc2ccccc21. The van der Waals surface area contributed by atoms with Crippen LogP contribution in [-0.2, 0) is 19.1 Å². The molecule has 8 heteroatoms. The first-order valence-corrected chi connectivity index (χ1v) is 13.0. The third-order valence-electron chi connectivity index (χ3n) is 7.14. The lowest BCUT2D eigenvalue weighted by molar-refractivity contribution is -0.140. The Morgan fingerprint density at radius 2 is 1.70 bits per heavy atom. The zero-order valence-electron chi connectivity index (χ0n) is 21.6. The molecule has 4 rings (SSSR count). The molecule has 0 spiro atoms. The summed E-state index contributed by atoms with van der Waals surface area (Å²) in [4.78, 5) is 42.1. The van der Waals surface area contributed by atoms with Crippen molar-refractivity contribution in [3.8, 4) is 11.4 Å². The average Bonchev–Trinajstić information content (AvgIpc) is 3.32. The highest BCUT2D eigenvalue weighted by molar-refractivity contribution is 5.91. The number of methoxy groups -OCH3 is 2. The lowest BCUT2D eigenvalue weighted by Gasteiger charge is -2.32. The number of carbonyl (C=O) groups is 3. The summed E-state index contributed by atoms with van der Waals surface area (Å²) in [5, 5.41) is 3.13. The molecule has 0 aliphatic heterocycles. The normalized spacial score (nSPS) is 14.8. The first-order valence-electron chi connectivity index (χ1n) is 13.0. The van der Waals surface area contributed by atoms with Gasteiger partial charge < -0.3 is 19.4 Å². The first-order chi connectivity index (χ1) is 18.0. The van der Waals surface area contributed by atoms with Crippen LogP contribution >= 0.6 is 0 Å². The first kappa shape index (κ1) is 26.4. The molecular formula is C29H35N3O5. The maximum absolute atomic E-state index is 13.8. The highest BCUT2D eigenvalue weighted by atomic mass is 16.5. The van der Waals surface area contributed by atoms with E-state index in [1.54, 1.807) is 12.1 Å². The van der Waals surface area contributed by atoms with Crippen LogP contribution in [0.5, 0.6) is 0 Å². The van der Waals surface area contributed by atoms with Gasteiger partial charge in [-0.1, -0.05) is 43.5 Å². The molecule has 3 aromatic rings. The van der Waals surface area contributed by atoms with Crippen molar-refractivity contribution in [1.29, 1.82) is 0 Å². The standard InChI is InChI=1S/C29H35N3O5/c1-36-25(33)14-8-9-19-30-28(34)26(20-10-4-3-5-11-20)32-24-13-7-6-12-23(24)31-27(32)21-15-17-22(18-16-21)29(35)37-2/h6-7,12-13,15-18,20,26H,3-5,8-11,14,19H2,1-2H3,(H,30,34). The van der Waals surface area contributed by atoms with Gasteiger partial charge in [-0.05, 0) is 55.9 Å². The molecule has 1 aliphatic carbocycles. The number of fused-ring (bicyclic) bond motifs is 1. The summed E-state index contributed by atoms with van der Waals surface area (Å²) in [6.45, 7) is 0.495. The molecule has 1 aromatic heterocycles. The number of imidazole rings is 1. The number of amides is 1. The number of benzene rings is 2. The zero-order chi connectivity index (χ0) is 26.2. The molecule has 1 aliphatic rings. The van der Waals surface area contributed by atoms with Gasteiger partial charge in [0.1, 0.15) is 11.9 Å². The van der Waals surface area contributed by atoms with E-state index < -0.39 is 12.0 Å². The Kier molecular flexibility index (Phi) is 8.93. The number of para-hydroxylation sites is 2. The number of nitrogens with zero attached hydrogens (tertiary/aromatic N) is 2. The summed E-state index contributed by atoms with van der Waals surface area (Å²) in [6, 6.07) is 14.6. The number of hydrogen-bond acceptors (Lipinski definition) is 6. The van der Waals surface area contributed by atoms with Crippen LogP contribution in [0.25, 0.3) is 22.4 Å². The quantitative estimate of drug-likeness (QED) is 0.305. The predicted molar refractivity (Wildman–Crippen MR) is 141 cm³/mol. The van der Waals surface area contributed by atoms with Gasteiger partial charge in [0.15, 0.2) is 0 Å². The Morgan fingerprint density at radius 1 is 0.973 bits per heavy atom. The second-order valence-electron chi connectivity index (χ2n) is 9.53. The van der Waals surface area contributed by atoms with Gasteiger partial charge in [-0.25, -0.2) is 9.78 Å². The van der Waals surface area contributed by atoms with E-state index in [4.69, 9.17) is 14.5 Å². The minimum absolute atomic E-state index is 0.0273. The van der Waals surface area contributed by atoms with Crippen LogP contribution in [0.15, 0.2) is 48.5 Å². The minimum Gasteiger partial charge on any atom is -0.469 e. The third kappa shape index (κ3) is 6.18. The highest BCUT2D eigenvalue weighted by Crippen LogP contribution is 2.38. The second-order valence-corrected chi connectivity index (χ2v) is 9.53. The van der Waals surface area contributed by atoms with Crippen molar-refractivity contribution in [1.82, 2.24) is 14.9 Å². The van der Waals surface area contributed by atoms with Gasteiger partial charge in [-0.2, -0.15) is 0 Å². The van der Waals surface area contributed by atoms with Crippen molar-refractivity contribution in [3.63, 3.8) is 0 Å². The smallest absolute Gasteiger partial charge is 0.337 e. The predicted octanol–water partition coefficient (Wildman–Crippen LogP) is 5.07. The van der Waals surface area contributed by atoms with Gasteiger partial charge in [-0.3, -0.25) is 9.59 Å². The van der Waals surface area contributed by atoms with E-state index in [-0.39, 0.29) is 17.8 Å². The van der Waals surface area contributed by atoms with Crippen molar-refractivity contribution in [2.24, 2.45) is 5.92 Å². The molecule has 37 heavy (non-hydrogen) atoms. The fourth-order valence-electron chi connectivity index (χ4n) is 5.21. The lowest BCUT2D eigenvalue weighted by Crippen LogP contribution is -2.38. The monoisotopic (exact) mass is 505 g/mol. The Labute approximate surface area is 217 Å². The van der Waals surface area contributed by atoms with E-state index in [1.165, 1.54) is 20.6 Å². The highest BCUT2D eigenvalue weighted by Gasteiger charge is 2.34. The van der Waals surface area contributed by atoms with Crippen molar-refractivity contribution >= 4 is 28.9 Å². The minimum atomic E-state index is -0.413. The number of aromatic nitrogens is 2. The molecule has 1 N–H and O–H groups in total. The lowest BCUT2D eigenvalue weighted by atomic mass is 9.83. The van der Waals surface area contributed by atoms with E-state index in [9.17, 15) is 14.4 Å². The summed E-state index contributed by atoms with van der Waals surface area (Å²) in [7, 11) is 2.74. The molecule has 1 saturated carbocycles. The molecule has 1 amide bonds. The maximum atomic E-state index is 13.8. The molecule has 0 saturated heterocycles. The van der Waals surface area contributed by atoms with Crippen LogP contribution in [0, 0.1) is 5.92 Å². The van der Waals surface area contributed by atoms with E-state index >= 15 is 0 Å². The van der Waals surface area contributed by atoms with Gasteiger partial charge >= 0.3 is 11.9 Å². The molecule has 1 fully saturated rings. The molecule has 1 heterocycles. The molecule has 1 atom stereocenters. The average molecular weight is 506 g/mol. The topological polar surface area (TPSA) is 99.5 Å². The van der Waals surface area contributed by atoms with Gasteiger partial charge in [0.25, 0.3) is 0 Å². The van der Waals surface area contributed by atoms with Crippen LogP contribution in [-0.4, -0.2) is 48.2 Å². The van der Waals surface area contributed by atoms with Crippen LogP contribution < -0.4 is 5.32 Å². The van der Waals surface area contributed by atoms with Crippen LogP contribution in [0.1, 0.15) is 67.8 Å². The summed E-state index contributed by atoms with van der Waals surface area (Å²) in [5.74, 6) is 0.231. The molecule has 8 nitrogen and oxygen atoms in total. The number of nitrogens with one attached hydrogen (secondary N) is 1. The van der Waals surface area contributed by atoms with Crippen LogP contribution in [0.2, 0.25) is 0 Å². The molecule has 2 aromatic carbocycles. The largest absolute Gasteiger partial charge is 0.469 e. The summed E-state index contributed by atoms with van der Waals surface area (Å²) < 4.78 is 11.6. The van der Waals surface area contributed by atoms with Crippen molar-refractivity contribution in [3.05, 3.63) is 54.1 Å². The van der Waals surface area contributed by atoms with Crippen molar-refractivity contribution in [2.75, 3.05) is 20.8 Å². The Morgan fingerprint density at radius 3 is 2.41 bits per heavy atom. The number of ether oxygens (including phenoxy) is 2. The maximum Gasteiger partial charge on any atom is 0.337 e. The van der Waals surface area contributed by atoms with Crippen molar-refractivity contribution in [2.45, 2.75) is 57.4 Å². The van der Waals surface area contributed by atoms with Crippen molar-refractivity contribution < 1.29 is 23.9 Å². The fourth-order valence-corrected chi connectivity index (χ4v) is 5.21. The Bertz CT molecular complexity index is 1230. The zero-order valence-corrected chi connectivity index (χ0v) is 21.6. The van der Waals surface area contributed by atoms with Gasteiger partial charge in [0.2, 0.25) is 5.91 Å². The molecule has 1 unspecified atom stereocenters. The van der Waals surface area contributed by atoms with E-state index in [1.807, 2.05) is 36.4 Å². The van der Waals surface area contributed by atoms with Gasteiger partial charge in [0, 0.05) is 18.5 Å². The number of unbranched alkanes of at least 4 members (excludes halogenated alkanes) is 1. The molecular weight excluding hydrogens is 470 g/mol. The van der Waals surface area contributed by atoms with Gasteiger partial charge in [-0.15, -0.1) is 0 Å². The van der Waals surface area contributed by atoms with E-state index in [2.05, 4.69) is 9.88 Å². The Hall–Kier alpha value is -3.68. The number of carbonyl (C=O) groups excluding carboxylic acids is 3. The number of hydrogen-bond donors (Lipinski definition) is 1. The molecule has 196 valence electrons. The van der Waals surface area contributed by atoms with Crippen LogP contribution in [0.4, 0.5) is 0 Å². The van der Waals surface area contributed by atoms with Gasteiger partial charge in [0.05, 0.1) is 30.8 Å². The number of esters is 2. The number of rotatable bonds is 10. The second kappa shape index (κ2) is 12.5. The molecule has 0 radical (unpaired) electrons. The Balaban J connectivity index is 1.68. The van der Waals surface area contributed by atoms with Crippen LogP contribution in [0.3, 0.4) is 0 Å². The fraction of sp³-hybridized carbons (Fsp3) is 0.448. The summed E-state index contributed by atoms with van der Waals surface area (Å²) in [6.07, 6.45) is 7.05. The van der Waals surface area contributed by atoms with E-state index in [0.717, 1.165) is 42.3 Å². The molecule has 0 bridgehead atoms.